The van der Waals surface area contributed by atoms with E-state index in [0.717, 1.165) is 5.56 Å². The van der Waals surface area contributed by atoms with Crippen molar-refractivity contribution in [2.24, 2.45) is 0 Å². The Labute approximate surface area is 134 Å². The molecule has 3 amide bonds. The summed E-state index contributed by atoms with van der Waals surface area (Å²) in [5.74, 6) is 1.37. The summed E-state index contributed by atoms with van der Waals surface area (Å²) in [5, 5.41) is 2.63. The average molecular weight is 317 g/mol. The fourth-order valence-electron chi connectivity index (χ4n) is 2.11. The fourth-order valence-corrected chi connectivity index (χ4v) is 2.11. The number of para-hydroxylation sites is 1. The van der Waals surface area contributed by atoms with Gasteiger partial charge in [-0.3, -0.25) is 10.2 Å². The minimum Gasteiger partial charge on any atom is -0.496 e. The summed E-state index contributed by atoms with van der Waals surface area (Å²) in [6.45, 7) is 3.70. The van der Waals surface area contributed by atoms with Crippen LogP contribution in [0.15, 0.2) is 34.7 Å². The van der Waals surface area contributed by atoms with Crippen molar-refractivity contribution in [2.75, 3.05) is 7.11 Å². The summed E-state index contributed by atoms with van der Waals surface area (Å²) in [4.78, 5) is 23.7. The van der Waals surface area contributed by atoms with Gasteiger partial charge in [-0.2, -0.15) is 0 Å². The molecule has 0 aliphatic carbocycles. The van der Waals surface area contributed by atoms with Crippen LogP contribution >= 0.6 is 0 Å². The Morgan fingerprint density at radius 3 is 2.57 bits per heavy atom. The van der Waals surface area contributed by atoms with Crippen molar-refractivity contribution in [3.8, 4) is 5.75 Å². The number of carbonyl (C=O) groups excluding carboxylic acids is 2. The van der Waals surface area contributed by atoms with E-state index in [0.29, 0.717) is 22.8 Å². The van der Waals surface area contributed by atoms with Crippen molar-refractivity contribution in [3.05, 3.63) is 53.0 Å². The summed E-state index contributed by atoms with van der Waals surface area (Å²) < 4.78 is 10.5. The first kappa shape index (κ1) is 16.4. The first-order valence-electron chi connectivity index (χ1n) is 7.04. The van der Waals surface area contributed by atoms with E-state index in [-0.39, 0.29) is 6.54 Å². The number of rotatable bonds is 4. The largest absolute Gasteiger partial charge is 0.496 e. The highest BCUT2D eigenvalue weighted by Gasteiger charge is 2.14. The third-order valence-corrected chi connectivity index (χ3v) is 3.21. The van der Waals surface area contributed by atoms with Crippen molar-refractivity contribution in [1.82, 2.24) is 16.2 Å². The predicted molar refractivity (Wildman–Crippen MR) is 84.0 cm³/mol. The number of nitrogens with one attached hydrogen (secondary N) is 3. The number of urea groups is 1. The molecular weight excluding hydrogens is 298 g/mol. The lowest BCUT2D eigenvalue weighted by Gasteiger charge is -2.11. The van der Waals surface area contributed by atoms with Crippen LogP contribution in [0.3, 0.4) is 0 Å². The van der Waals surface area contributed by atoms with Gasteiger partial charge in [0, 0.05) is 12.1 Å². The molecule has 0 aliphatic heterocycles. The second-order valence-electron chi connectivity index (χ2n) is 4.90. The van der Waals surface area contributed by atoms with Crippen LogP contribution in [0.4, 0.5) is 4.79 Å². The van der Waals surface area contributed by atoms with Crippen LogP contribution in [0.2, 0.25) is 0 Å². The van der Waals surface area contributed by atoms with Gasteiger partial charge in [-0.15, -0.1) is 0 Å². The van der Waals surface area contributed by atoms with E-state index in [1.54, 1.807) is 33.1 Å². The Morgan fingerprint density at radius 1 is 1.17 bits per heavy atom. The SMILES string of the molecule is COc1ccccc1CNC(=O)NNC(=O)c1cc(C)oc1C. The minimum atomic E-state index is -0.526. The number of amides is 3. The zero-order chi connectivity index (χ0) is 16.8. The van der Waals surface area contributed by atoms with Crippen LogP contribution in [0.5, 0.6) is 5.75 Å². The van der Waals surface area contributed by atoms with Crippen LogP contribution in [-0.2, 0) is 6.54 Å². The molecule has 0 unspecified atom stereocenters. The molecule has 0 fully saturated rings. The number of methoxy groups -OCH3 is 1. The number of furan rings is 1. The van der Waals surface area contributed by atoms with E-state index in [2.05, 4.69) is 16.2 Å². The van der Waals surface area contributed by atoms with Gasteiger partial charge in [0.05, 0.1) is 12.7 Å². The lowest BCUT2D eigenvalue weighted by Crippen LogP contribution is -2.46. The zero-order valence-corrected chi connectivity index (χ0v) is 13.2. The molecule has 0 aliphatic rings. The lowest BCUT2D eigenvalue weighted by molar-refractivity contribution is 0.0934. The molecule has 7 heteroatoms. The highest BCUT2D eigenvalue weighted by molar-refractivity contribution is 5.96. The highest BCUT2D eigenvalue weighted by atomic mass is 16.5. The van der Waals surface area contributed by atoms with Crippen molar-refractivity contribution in [3.63, 3.8) is 0 Å². The first-order chi connectivity index (χ1) is 11.0. The quantitative estimate of drug-likeness (QED) is 0.753. The highest BCUT2D eigenvalue weighted by Crippen LogP contribution is 2.16. The van der Waals surface area contributed by atoms with E-state index < -0.39 is 11.9 Å². The summed E-state index contributed by atoms with van der Waals surface area (Å²) in [7, 11) is 1.56. The van der Waals surface area contributed by atoms with E-state index in [4.69, 9.17) is 9.15 Å². The van der Waals surface area contributed by atoms with Crippen LogP contribution in [0, 0.1) is 13.8 Å². The third-order valence-electron chi connectivity index (χ3n) is 3.21. The Kier molecular flexibility index (Phi) is 5.24. The van der Waals surface area contributed by atoms with Gasteiger partial charge in [-0.25, -0.2) is 10.2 Å². The number of benzene rings is 1. The Hall–Kier alpha value is -2.96. The van der Waals surface area contributed by atoms with Gasteiger partial charge >= 0.3 is 6.03 Å². The number of hydrogen-bond donors (Lipinski definition) is 3. The molecule has 2 aromatic rings. The molecule has 3 N–H and O–H groups in total. The molecule has 1 aromatic heterocycles. The van der Waals surface area contributed by atoms with Crippen LogP contribution < -0.4 is 20.9 Å². The average Bonchev–Trinajstić information content (AvgIpc) is 2.89. The molecule has 1 heterocycles. The summed E-state index contributed by atoms with van der Waals surface area (Å²) >= 11 is 0. The molecule has 0 saturated heterocycles. The van der Waals surface area contributed by atoms with Crippen molar-refractivity contribution < 1.29 is 18.7 Å². The van der Waals surface area contributed by atoms with Crippen LogP contribution in [0.25, 0.3) is 0 Å². The van der Waals surface area contributed by atoms with Crippen molar-refractivity contribution in [2.45, 2.75) is 20.4 Å². The summed E-state index contributed by atoms with van der Waals surface area (Å²) in [5.41, 5.74) is 5.83. The number of hydrogen-bond acceptors (Lipinski definition) is 4. The molecule has 0 saturated carbocycles. The summed E-state index contributed by atoms with van der Waals surface area (Å²) in [6, 6.07) is 8.43. The van der Waals surface area contributed by atoms with Gasteiger partial charge in [0.1, 0.15) is 17.3 Å². The molecule has 1 aromatic carbocycles. The topological polar surface area (TPSA) is 92.6 Å². The minimum absolute atomic E-state index is 0.273. The molecule has 0 atom stereocenters. The van der Waals surface area contributed by atoms with Gasteiger partial charge in [-0.1, -0.05) is 18.2 Å². The van der Waals surface area contributed by atoms with Gasteiger partial charge in [-0.05, 0) is 26.0 Å². The van der Waals surface area contributed by atoms with E-state index >= 15 is 0 Å². The number of carbonyl (C=O) groups is 2. The van der Waals surface area contributed by atoms with Crippen LogP contribution in [-0.4, -0.2) is 19.0 Å². The molecule has 2 rings (SSSR count). The molecule has 0 spiro atoms. The van der Waals surface area contributed by atoms with E-state index in [1.807, 2.05) is 18.2 Å². The standard InChI is InChI=1S/C16H19N3O4/c1-10-8-13(11(2)23-10)15(20)18-19-16(21)17-9-12-6-4-5-7-14(12)22-3/h4-8H,9H2,1-3H3,(H,18,20)(H2,17,19,21). The molecule has 23 heavy (non-hydrogen) atoms. The molecule has 0 radical (unpaired) electrons. The second-order valence-corrected chi connectivity index (χ2v) is 4.90. The lowest BCUT2D eigenvalue weighted by atomic mass is 10.2. The van der Waals surface area contributed by atoms with Crippen molar-refractivity contribution >= 4 is 11.9 Å². The second kappa shape index (κ2) is 7.35. The smallest absolute Gasteiger partial charge is 0.333 e. The van der Waals surface area contributed by atoms with Gasteiger partial charge < -0.3 is 14.5 Å². The Morgan fingerprint density at radius 2 is 1.91 bits per heavy atom. The Balaban J connectivity index is 1.83. The number of ether oxygens (including phenoxy) is 1. The molecule has 122 valence electrons. The zero-order valence-electron chi connectivity index (χ0n) is 13.2. The normalized spacial score (nSPS) is 10.0. The maximum Gasteiger partial charge on any atom is 0.333 e. The van der Waals surface area contributed by atoms with Gasteiger partial charge in [0.15, 0.2) is 0 Å². The van der Waals surface area contributed by atoms with Crippen molar-refractivity contribution in [1.29, 1.82) is 0 Å². The van der Waals surface area contributed by atoms with E-state index in [1.165, 1.54) is 0 Å². The van der Waals surface area contributed by atoms with Gasteiger partial charge in [0.25, 0.3) is 5.91 Å². The summed E-state index contributed by atoms with van der Waals surface area (Å²) in [6.07, 6.45) is 0. The fraction of sp³-hybridized carbons (Fsp3) is 0.250. The number of hydrazine groups is 1. The Bertz CT molecular complexity index is 709. The third kappa shape index (κ3) is 4.26. The number of aryl methyl sites for hydroxylation is 2. The van der Waals surface area contributed by atoms with E-state index in [9.17, 15) is 9.59 Å². The maximum atomic E-state index is 11.9. The predicted octanol–water partition coefficient (Wildman–Crippen LogP) is 2.05. The van der Waals surface area contributed by atoms with Gasteiger partial charge in [0.2, 0.25) is 0 Å². The maximum absolute atomic E-state index is 11.9. The first-order valence-corrected chi connectivity index (χ1v) is 7.04. The molecular formula is C16H19N3O4. The molecule has 7 nitrogen and oxygen atoms in total. The monoisotopic (exact) mass is 317 g/mol. The van der Waals surface area contributed by atoms with Crippen LogP contribution in [0.1, 0.15) is 27.4 Å². The molecule has 0 bridgehead atoms.